The van der Waals surface area contributed by atoms with E-state index in [1.54, 1.807) is 18.2 Å². The first-order chi connectivity index (χ1) is 9.99. The maximum Gasteiger partial charge on any atom is 0.313 e. The fourth-order valence-corrected chi connectivity index (χ4v) is 1.90. The van der Waals surface area contributed by atoms with Crippen molar-refractivity contribution >= 4 is 23.1 Å². The zero-order chi connectivity index (χ0) is 15.4. The van der Waals surface area contributed by atoms with Gasteiger partial charge in [-0.05, 0) is 24.3 Å². The van der Waals surface area contributed by atoms with Gasteiger partial charge in [-0.1, -0.05) is 23.7 Å². The average Bonchev–Trinajstić information content (AvgIpc) is 2.46. The maximum absolute atomic E-state index is 13.0. The van der Waals surface area contributed by atoms with Gasteiger partial charge in [-0.15, -0.1) is 0 Å². The van der Waals surface area contributed by atoms with Crippen molar-refractivity contribution in [2.24, 2.45) is 0 Å². The monoisotopic (exact) mass is 309 g/mol. The van der Waals surface area contributed by atoms with Crippen molar-refractivity contribution in [3.8, 4) is 5.75 Å². The van der Waals surface area contributed by atoms with Crippen LogP contribution in [0.2, 0.25) is 5.02 Å². The van der Waals surface area contributed by atoms with Gasteiger partial charge in [0.1, 0.15) is 5.82 Å². The molecule has 0 aliphatic heterocycles. The van der Waals surface area contributed by atoms with E-state index in [4.69, 9.17) is 16.3 Å². The standard InChI is InChI=1S/C14H9ClFNO4/c15-11-4-2-1-3-10(11)13(18)8-21-14-6-5-9(16)7-12(14)17(19)20/h1-7H,8H2. The molecule has 7 heteroatoms. The molecule has 0 aliphatic rings. The van der Waals surface area contributed by atoms with Crippen LogP contribution in [0.5, 0.6) is 5.75 Å². The molecule has 108 valence electrons. The van der Waals surface area contributed by atoms with E-state index in [1.165, 1.54) is 6.07 Å². The minimum atomic E-state index is -0.779. The number of Topliss-reactive ketones (excluding diaryl/α,β-unsaturated/α-hetero) is 1. The quantitative estimate of drug-likeness (QED) is 0.480. The summed E-state index contributed by atoms with van der Waals surface area (Å²) in [5.74, 6) is -1.37. The number of rotatable bonds is 5. The Morgan fingerprint density at radius 1 is 1.29 bits per heavy atom. The number of nitro benzene ring substituents is 1. The SMILES string of the molecule is O=C(COc1ccc(F)cc1[N+](=O)[O-])c1ccccc1Cl. The summed E-state index contributed by atoms with van der Waals surface area (Å²) < 4.78 is 18.1. The molecule has 0 unspecified atom stereocenters. The topological polar surface area (TPSA) is 69.4 Å². The molecular formula is C14H9ClFNO4. The van der Waals surface area contributed by atoms with Gasteiger partial charge in [0.2, 0.25) is 5.78 Å². The molecule has 2 rings (SSSR count). The number of hydrogen-bond donors (Lipinski definition) is 0. The smallest absolute Gasteiger partial charge is 0.313 e. The van der Waals surface area contributed by atoms with E-state index in [2.05, 4.69) is 0 Å². The van der Waals surface area contributed by atoms with Gasteiger partial charge < -0.3 is 4.74 Å². The van der Waals surface area contributed by atoms with Crippen LogP contribution in [-0.2, 0) is 0 Å². The number of hydrogen-bond acceptors (Lipinski definition) is 4. The molecule has 0 saturated carbocycles. The lowest BCUT2D eigenvalue weighted by atomic mass is 10.1. The van der Waals surface area contributed by atoms with Crippen LogP contribution in [0.25, 0.3) is 0 Å². The van der Waals surface area contributed by atoms with Crippen LogP contribution in [0.3, 0.4) is 0 Å². The highest BCUT2D eigenvalue weighted by Gasteiger charge is 2.18. The first kappa shape index (κ1) is 14.9. The van der Waals surface area contributed by atoms with Crippen LogP contribution in [0.1, 0.15) is 10.4 Å². The molecule has 0 radical (unpaired) electrons. The third-order valence-corrected chi connectivity index (χ3v) is 2.98. The highest BCUT2D eigenvalue weighted by molar-refractivity contribution is 6.34. The molecule has 0 aromatic heterocycles. The van der Waals surface area contributed by atoms with Gasteiger partial charge >= 0.3 is 5.69 Å². The highest BCUT2D eigenvalue weighted by atomic mass is 35.5. The molecule has 0 atom stereocenters. The van der Waals surface area contributed by atoms with Gasteiger partial charge in [0.25, 0.3) is 0 Å². The Morgan fingerprint density at radius 2 is 2.00 bits per heavy atom. The van der Waals surface area contributed by atoms with Crippen LogP contribution in [0.4, 0.5) is 10.1 Å². The van der Waals surface area contributed by atoms with E-state index in [0.717, 1.165) is 18.2 Å². The Morgan fingerprint density at radius 3 is 2.67 bits per heavy atom. The first-order valence-corrected chi connectivity index (χ1v) is 6.21. The summed E-state index contributed by atoms with van der Waals surface area (Å²) in [4.78, 5) is 21.9. The minimum absolute atomic E-state index is 0.179. The van der Waals surface area contributed by atoms with E-state index in [1.807, 2.05) is 0 Å². The Labute approximate surface area is 124 Å². The number of benzene rings is 2. The Balaban J connectivity index is 2.15. The van der Waals surface area contributed by atoms with Crippen LogP contribution < -0.4 is 4.74 Å². The number of ether oxygens (including phenoxy) is 1. The zero-order valence-corrected chi connectivity index (χ0v) is 11.3. The molecule has 0 heterocycles. The molecule has 0 spiro atoms. The third kappa shape index (κ3) is 3.55. The van der Waals surface area contributed by atoms with Gasteiger partial charge in [-0.2, -0.15) is 0 Å². The average molecular weight is 310 g/mol. The number of nitrogens with zero attached hydrogens (tertiary/aromatic N) is 1. The van der Waals surface area contributed by atoms with Crippen molar-refractivity contribution in [2.75, 3.05) is 6.61 Å². The lowest BCUT2D eigenvalue weighted by Gasteiger charge is -2.07. The zero-order valence-electron chi connectivity index (χ0n) is 10.6. The number of carbonyl (C=O) groups excluding carboxylic acids is 1. The van der Waals surface area contributed by atoms with Crippen LogP contribution in [-0.4, -0.2) is 17.3 Å². The van der Waals surface area contributed by atoms with E-state index in [0.29, 0.717) is 0 Å². The lowest BCUT2D eigenvalue weighted by Crippen LogP contribution is -2.12. The van der Waals surface area contributed by atoms with Gasteiger partial charge in [-0.25, -0.2) is 4.39 Å². The normalized spacial score (nSPS) is 10.2. The molecule has 2 aromatic rings. The van der Waals surface area contributed by atoms with Crippen LogP contribution in [0.15, 0.2) is 42.5 Å². The van der Waals surface area contributed by atoms with Crippen molar-refractivity contribution in [3.05, 3.63) is 69.0 Å². The second-order valence-corrected chi connectivity index (χ2v) is 4.47. The van der Waals surface area contributed by atoms with E-state index in [9.17, 15) is 19.3 Å². The summed E-state index contributed by atoms with van der Waals surface area (Å²) in [6.07, 6.45) is 0. The second kappa shape index (κ2) is 6.32. The predicted octanol–water partition coefficient (Wildman–Crippen LogP) is 3.65. The van der Waals surface area contributed by atoms with Crippen molar-refractivity contribution in [1.29, 1.82) is 0 Å². The van der Waals surface area contributed by atoms with E-state index < -0.39 is 28.8 Å². The maximum atomic E-state index is 13.0. The Hall–Kier alpha value is -2.47. The summed E-state index contributed by atoms with van der Waals surface area (Å²) in [6, 6.07) is 9.23. The molecule has 2 aromatic carbocycles. The summed E-state index contributed by atoms with van der Waals surface area (Å²) in [5.41, 5.74) is -0.286. The van der Waals surface area contributed by atoms with Gasteiger partial charge in [-0.3, -0.25) is 14.9 Å². The van der Waals surface area contributed by atoms with Crippen molar-refractivity contribution in [3.63, 3.8) is 0 Å². The fraction of sp³-hybridized carbons (Fsp3) is 0.0714. The molecule has 5 nitrogen and oxygen atoms in total. The summed E-state index contributed by atoms with van der Waals surface area (Å²) in [7, 11) is 0. The van der Waals surface area contributed by atoms with Crippen LogP contribution >= 0.6 is 11.6 Å². The largest absolute Gasteiger partial charge is 0.478 e. The predicted molar refractivity (Wildman–Crippen MR) is 74.3 cm³/mol. The van der Waals surface area contributed by atoms with Crippen molar-refractivity contribution in [1.82, 2.24) is 0 Å². The van der Waals surface area contributed by atoms with Gasteiger partial charge in [0.05, 0.1) is 16.0 Å². The number of halogens is 2. The Bertz CT molecular complexity index is 705. The van der Waals surface area contributed by atoms with Gasteiger partial charge in [0, 0.05) is 5.56 Å². The lowest BCUT2D eigenvalue weighted by molar-refractivity contribution is -0.386. The number of carbonyl (C=O) groups is 1. The molecule has 0 aliphatic carbocycles. The molecule has 0 N–H and O–H groups in total. The van der Waals surface area contributed by atoms with Crippen molar-refractivity contribution < 1.29 is 18.8 Å². The minimum Gasteiger partial charge on any atom is -0.478 e. The number of nitro groups is 1. The highest BCUT2D eigenvalue weighted by Crippen LogP contribution is 2.27. The summed E-state index contributed by atoms with van der Waals surface area (Å²) in [5, 5.41) is 11.1. The molecule has 0 amide bonds. The second-order valence-electron chi connectivity index (χ2n) is 4.06. The van der Waals surface area contributed by atoms with Crippen LogP contribution in [0, 0.1) is 15.9 Å². The molecule has 21 heavy (non-hydrogen) atoms. The summed E-state index contributed by atoms with van der Waals surface area (Å²) in [6.45, 7) is -0.434. The molecule has 0 saturated heterocycles. The summed E-state index contributed by atoms with van der Waals surface area (Å²) >= 11 is 5.87. The van der Waals surface area contributed by atoms with Crippen molar-refractivity contribution in [2.45, 2.75) is 0 Å². The molecule has 0 bridgehead atoms. The molecular weight excluding hydrogens is 301 g/mol. The third-order valence-electron chi connectivity index (χ3n) is 2.65. The van der Waals surface area contributed by atoms with Gasteiger partial charge in [0.15, 0.2) is 12.4 Å². The molecule has 0 fully saturated rings. The number of ketones is 1. The first-order valence-electron chi connectivity index (χ1n) is 5.83. The fourth-order valence-electron chi connectivity index (χ4n) is 1.66. The van der Waals surface area contributed by atoms with E-state index >= 15 is 0 Å². The van der Waals surface area contributed by atoms with E-state index in [-0.39, 0.29) is 16.3 Å². The Kier molecular flexibility index (Phi) is 4.49.